The zero-order valence-electron chi connectivity index (χ0n) is 19.1. The molecule has 32 heavy (non-hydrogen) atoms. The van der Waals surface area contributed by atoms with Crippen molar-refractivity contribution in [2.75, 3.05) is 5.32 Å². The van der Waals surface area contributed by atoms with Gasteiger partial charge in [-0.1, -0.05) is 36.7 Å². The Balaban J connectivity index is 1.65. The first-order valence-electron chi connectivity index (χ1n) is 10.7. The van der Waals surface area contributed by atoms with Crippen LogP contribution in [0.5, 0.6) is 0 Å². The zero-order valence-corrected chi connectivity index (χ0v) is 19.9. The first-order valence-corrected chi connectivity index (χ1v) is 11.1. The van der Waals surface area contributed by atoms with Gasteiger partial charge in [0.15, 0.2) is 0 Å². The molecule has 1 amide bonds. The molecule has 5 nitrogen and oxygen atoms in total. The summed E-state index contributed by atoms with van der Waals surface area (Å²) < 4.78 is 2.30. The highest BCUT2D eigenvalue weighted by molar-refractivity contribution is 6.30. The summed E-state index contributed by atoms with van der Waals surface area (Å²) >= 11 is 5.89. The molecule has 4 rings (SSSR count). The number of fused-ring (bicyclic) bond motifs is 1. The van der Waals surface area contributed by atoms with E-state index in [9.17, 15) is 4.79 Å². The number of rotatable bonds is 3. The molecule has 1 aliphatic rings. The summed E-state index contributed by atoms with van der Waals surface area (Å²) in [5, 5.41) is 7.56. The predicted molar refractivity (Wildman–Crippen MR) is 130 cm³/mol. The van der Waals surface area contributed by atoms with Crippen molar-refractivity contribution < 1.29 is 9.63 Å². The Kier molecular flexibility index (Phi) is 5.87. The number of anilines is 1. The summed E-state index contributed by atoms with van der Waals surface area (Å²) in [7, 11) is 0. The van der Waals surface area contributed by atoms with Gasteiger partial charge in [0.2, 0.25) is 0 Å². The summed E-state index contributed by atoms with van der Waals surface area (Å²) in [6.45, 7) is 10.8. The fraction of sp³-hybridized carbons (Fsp3) is 0.308. The van der Waals surface area contributed by atoms with E-state index < -0.39 is 6.09 Å². The molecule has 0 aliphatic heterocycles. The average Bonchev–Trinajstić information content (AvgIpc) is 3.05. The van der Waals surface area contributed by atoms with Crippen molar-refractivity contribution >= 4 is 29.1 Å². The number of amides is 1. The monoisotopic (exact) mass is 449 g/mol. The van der Waals surface area contributed by atoms with Gasteiger partial charge in [0.25, 0.3) is 0 Å². The summed E-state index contributed by atoms with van der Waals surface area (Å²) in [6, 6.07) is 15.5. The van der Waals surface area contributed by atoms with Crippen molar-refractivity contribution in [1.82, 2.24) is 4.57 Å². The third kappa shape index (κ3) is 4.58. The Labute approximate surface area is 194 Å². The van der Waals surface area contributed by atoms with E-state index in [0.717, 1.165) is 35.5 Å². The molecular formula is C26H28ClN3O2. The van der Waals surface area contributed by atoms with E-state index in [2.05, 4.69) is 73.9 Å². The molecule has 0 saturated heterocycles. The van der Waals surface area contributed by atoms with Gasteiger partial charge in [-0.2, -0.15) is 0 Å². The molecule has 1 heterocycles. The zero-order chi connectivity index (χ0) is 23.0. The number of nitrogens with one attached hydrogen (secondary N) is 1. The van der Waals surface area contributed by atoms with Crippen LogP contribution in [0, 0.1) is 26.2 Å². The largest absolute Gasteiger partial charge is 0.437 e. The molecular weight excluding hydrogens is 422 g/mol. The molecule has 0 spiro atoms. The average molecular weight is 450 g/mol. The Morgan fingerprint density at radius 3 is 2.44 bits per heavy atom. The van der Waals surface area contributed by atoms with Crippen molar-refractivity contribution in [3.8, 4) is 5.69 Å². The molecule has 166 valence electrons. The van der Waals surface area contributed by atoms with E-state index in [4.69, 9.17) is 16.4 Å². The van der Waals surface area contributed by atoms with Gasteiger partial charge < -0.3 is 4.57 Å². The lowest BCUT2D eigenvalue weighted by Crippen LogP contribution is -2.29. The third-order valence-corrected chi connectivity index (χ3v) is 6.22. The number of hydrogen-bond donors (Lipinski definition) is 1. The Morgan fingerprint density at radius 2 is 1.75 bits per heavy atom. The lowest BCUT2D eigenvalue weighted by atomic mass is 9.76. The van der Waals surface area contributed by atoms with Crippen LogP contribution in [0.15, 0.2) is 53.7 Å². The molecule has 0 radical (unpaired) electrons. The topological polar surface area (TPSA) is 55.6 Å². The predicted octanol–water partition coefficient (Wildman–Crippen LogP) is 6.98. The van der Waals surface area contributed by atoms with Crippen LogP contribution >= 0.6 is 11.6 Å². The fourth-order valence-electron chi connectivity index (χ4n) is 4.25. The second kappa shape index (κ2) is 8.47. The van der Waals surface area contributed by atoms with Gasteiger partial charge in [0.05, 0.1) is 5.71 Å². The minimum absolute atomic E-state index is 0.00979. The molecule has 2 aromatic carbocycles. The standard InChI is InChI=1S/C26H28ClN3O2/c1-16-6-11-21(12-17(16)2)30-18(3)13-22-23(14-26(4,5)15-24(22)30)29-32-25(31)28-20-9-7-19(27)8-10-20/h6-13H,14-15H2,1-5H3,(H,28,31)/b29-23+. The quantitative estimate of drug-likeness (QED) is 0.346. The van der Waals surface area contributed by atoms with Crippen LogP contribution in [0.1, 0.15) is 48.3 Å². The smallest absolute Gasteiger partial charge is 0.318 e. The van der Waals surface area contributed by atoms with Gasteiger partial charge in [-0.3, -0.25) is 10.2 Å². The Bertz CT molecular complexity index is 1210. The number of carbonyl (C=O) groups excluding carboxylic acids is 1. The number of aromatic nitrogens is 1. The summed E-state index contributed by atoms with van der Waals surface area (Å²) in [6.07, 6.45) is 1.01. The van der Waals surface area contributed by atoms with E-state index in [1.807, 2.05) is 0 Å². The molecule has 0 fully saturated rings. The molecule has 0 saturated carbocycles. The molecule has 1 N–H and O–H groups in total. The first-order chi connectivity index (χ1) is 15.1. The molecule has 6 heteroatoms. The molecule has 3 aromatic rings. The van der Waals surface area contributed by atoms with Gasteiger partial charge in [-0.25, -0.2) is 4.79 Å². The Hall–Kier alpha value is -3.05. The lowest BCUT2D eigenvalue weighted by molar-refractivity contribution is 0.165. The van der Waals surface area contributed by atoms with E-state index >= 15 is 0 Å². The van der Waals surface area contributed by atoms with Crippen molar-refractivity contribution in [3.05, 3.63) is 81.6 Å². The van der Waals surface area contributed by atoms with E-state index in [0.29, 0.717) is 10.7 Å². The molecule has 0 bridgehead atoms. The van der Waals surface area contributed by atoms with Crippen molar-refractivity contribution in [2.45, 2.75) is 47.5 Å². The van der Waals surface area contributed by atoms with Crippen molar-refractivity contribution in [1.29, 1.82) is 0 Å². The number of nitrogens with zero attached hydrogens (tertiary/aromatic N) is 2. The van der Waals surface area contributed by atoms with E-state index in [1.165, 1.54) is 16.8 Å². The highest BCUT2D eigenvalue weighted by Crippen LogP contribution is 2.38. The minimum atomic E-state index is -0.630. The summed E-state index contributed by atoms with van der Waals surface area (Å²) in [5.74, 6) is 0. The lowest BCUT2D eigenvalue weighted by Gasteiger charge is -2.31. The first kappa shape index (κ1) is 22.2. The maximum Gasteiger partial charge on any atom is 0.437 e. The SMILES string of the molecule is Cc1ccc(-n2c(C)cc3c2CC(C)(C)C/C3=N\OC(=O)Nc2ccc(Cl)cc2)cc1C. The second-order valence-corrected chi connectivity index (χ2v) is 9.75. The maximum atomic E-state index is 12.3. The molecule has 1 aromatic heterocycles. The van der Waals surface area contributed by atoms with Crippen LogP contribution in [0.2, 0.25) is 5.02 Å². The van der Waals surface area contributed by atoms with E-state index in [-0.39, 0.29) is 5.41 Å². The summed E-state index contributed by atoms with van der Waals surface area (Å²) in [5.41, 5.74) is 8.42. The van der Waals surface area contributed by atoms with Crippen LogP contribution in [0.3, 0.4) is 0 Å². The fourth-order valence-corrected chi connectivity index (χ4v) is 4.38. The number of halogens is 1. The van der Waals surface area contributed by atoms with Crippen molar-refractivity contribution in [2.24, 2.45) is 10.6 Å². The minimum Gasteiger partial charge on any atom is -0.318 e. The van der Waals surface area contributed by atoms with Crippen molar-refractivity contribution in [3.63, 3.8) is 0 Å². The van der Waals surface area contributed by atoms with Crippen LogP contribution in [0.4, 0.5) is 10.5 Å². The second-order valence-electron chi connectivity index (χ2n) is 9.32. The summed E-state index contributed by atoms with van der Waals surface area (Å²) in [4.78, 5) is 17.5. The van der Waals surface area contributed by atoms with Gasteiger partial charge >= 0.3 is 6.09 Å². The van der Waals surface area contributed by atoms with Crippen LogP contribution in [0.25, 0.3) is 5.69 Å². The van der Waals surface area contributed by atoms with Crippen LogP contribution in [-0.4, -0.2) is 16.4 Å². The van der Waals surface area contributed by atoms with Gasteiger partial charge in [-0.05, 0) is 92.6 Å². The van der Waals surface area contributed by atoms with E-state index in [1.54, 1.807) is 24.3 Å². The third-order valence-electron chi connectivity index (χ3n) is 5.97. The number of oxime groups is 1. The molecule has 0 unspecified atom stereocenters. The normalized spacial score (nSPS) is 16.0. The van der Waals surface area contributed by atoms with Gasteiger partial charge in [-0.15, -0.1) is 0 Å². The van der Waals surface area contributed by atoms with Crippen LogP contribution < -0.4 is 5.32 Å². The highest BCUT2D eigenvalue weighted by atomic mass is 35.5. The maximum absolute atomic E-state index is 12.3. The highest BCUT2D eigenvalue weighted by Gasteiger charge is 2.33. The Morgan fingerprint density at radius 1 is 1.03 bits per heavy atom. The van der Waals surface area contributed by atoms with Gasteiger partial charge in [0, 0.05) is 33.3 Å². The molecule has 1 aliphatic carbocycles. The van der Waals surface area contributed by atoms with Crippen LogP contribution in [-0.2, 0) is 11.3 Å². The number of benzene rings is 2. The number of aryl methyl sites for hydroxylation is 3. The molecule has 0 atom stereocenters. The number of hydrogen-bond acceptors (Lipinski definition) is 3. The van der Waals surface area contributed by atoms with Gasteiger partial charge in [0.1, 0.15) is 0 Å². The number of carbonyl (C=O) groups is 1.